The van der Waals surface area contributed by atoms with Crippen molar-refractivity contribution in [1.82, 2.24) is 0 Å². The lowest BCUT2D eigenvalue weighted by Crippen LogP contribution is -2.06. The first kappa shape index (κ1) is 14.8. The van der Waals surface area contributed by atoms with Crippen LogP contribution in [0, 0.1) is 0 Å². The van der Waals surface area contributed by atoms with Crippen molar-refractivity contribution in [3.05, 3.63) is 52.0 Å². The molecule has 3 N–H and O–H groups in total. The predicted octanol–water partition coefficient (Wildman–Crippen LogP) is 5.34. The Balaban J connectivity index is 2.33. The fourth-order valence-corrected chi connectivity index (χ4v) is 1.93. The van der Waals surface area contributed by atoms with Crippen LogP contribution in [0.1, 0.15) is 5.56 Å². The second-order valence-corrected chi connectivity index (χ2v) is 4.89. The van der Waals surface area contributed by atoms with E-state index in [9.17, 15) is 13.2 Å². The SMILES string of the molecule is Nc1cc(C(F)(F)F)ccc1Nc1cc(Cl)ccc1Cl. The van der Waals surface area contributed by atoms with E-state index in [-0.39, 0.29) is 5.69 Å². The van der Waals surface area contributed by atoms with Gasteiger partial charge in [0.25, 0.3) is 0 Å². The standard InChI is InChI=1S/C13H9Cl2F3N2/c14-8-2-3-9(15)12(6-8)20-11-4-1-7(5-10(11)19)13(16,17)18/h1-6,20H,19H2. The van der Waals surface area contributed by atoms with Crippen LogP contribution in [0.5, 0.6) is 0 Å². The van der Waals surface area contributed by atoms with E-state index >= 15 is 0 Å². The highest BCUT2D eigenvalue weighted by Crippen LogP contribution is 2.35. The fourth-order valence-electron chi connectivity index (χ4n) is 1.59. The van der Waals surface area contributed by atoms with E-state index in [0.717, 1.165) is 12.1 Å². The topological polar surface area (TPSA) is 38.0 Å². The second kappa shape index (κ2) is 5.42. The van der Waals surface area contributed by atoms with Crippen molar-refractivity contribution in [3.63, 3.8) is 0 Å². The number of benzene rings is 2. The lowest BCUT2D eigenvalue weighted by Gasteiger charge is -2.13. The lowest BCUT2D eigenvalue weighted by atomic mass is 10.1. The number of alkyl halides is 3. The van der Waals surface area contributed by atoms with Gasteiger partial charge >= 0.3 is 6.18 Å². The molecule has 0 aliphatic carbocycles. The van der Waals surface area contributed by atoms with Gasteiger partial charge in [0.1, 0.15) is 0 Å². The van der Waals surface area contributed by atoms with Crippen molar-refractivity contribution < 1.29 is 13.2 Å². The normalized spacial score (nSPS) is 11.4. The Morgan fingerprint density at radius 1 is 0.950 bits per heavy atom. The van der Waals surface area contributed by atoms with Crippen molar-refractivity contribution in [2.45, 2.75) is 6.18 Å². The van der Waals surface area contributed by atoms with Crippen molar-refractivity contribution in [3.8, 4) is 0 Å². The number of hydrogen-bond donors (Lipinski definition) is 2. The summed E-state index contributed by atoms with van der Waals surface area (Å²) in [7, 11) is 0. The lowest BCUT2D eigenvalue weighted by molar-refractivity contribution is -0.137. The molecule has 0 unspecified atom stereocenters. The largest absolute Gasteiger partial charge is 0.416 e. The quantitative estimate of drug-likeness (QED) is 0.733. The molecule has 106 valence electrons. The molecule has 0 saturated carbocycles. The number of nitrogens with two attached hydrogens (primary N) is 1. The van der Waals surface area contributed by atoms with Gasteiger partial charge in [-0.15, -0.1) is 0 Å². The van der Waals surface area contributed by atoms with Gasteiger partial charge in [0.2, 0.25) is 0 Å². The molecular weight excluding hydrogens is 312 g/mol. The van der Waals surface area contributed by atoms with Crippen LogP contribution in [0.25, 0.3) is 0 Å². The number of anilines is 3. The monoisotopic (exact) mass is 320 g/mol. The Kier molecular flexibility index (Phi) is 4.01. The Morgan fingerprint density at radius 3 is 2.25 bits per heavy atom. The van der Waals surface area contributed by atoms with Crippen LogP contribution in [0.15, 0.2) is 36.4 Å². The summed E-state index contributed by atoms with van der Waals surface area (Å²) in [5, 5.41) is 3.68. The zero-order valence-corrected chi connectivity index (χ0v) is 11.4. The average Bonchev–Trinajstić information content (AvgIpc) is 2.35. The number of hydrogen-bond acceptors (Lipinski definition) is 2. The van der Waals surface area contributed by atoms with Gasteiger partial charge in [0.05, 0.1) is 27.6 Å². The third-order valence-electron chi connectivity index (χ3n) is 2.58. The van der Waals surface area contributed by atoms with Crippen LogP contribution in [0.4, 0.5) is 30.2 Å². The highest BCUT2D eigenvalue weighted by molar-refractivity contribution is 6.35. The van der Waals surface area contributed by atoms with Gasteiger partial charge in [0, 0.05) is 5.02 Å². The average molecular weight is 321 g/mol. The minimum Gasteiger partial charge on any atom is -0.397 e. The van der Waals surface area contributed by atoms with Crippen LogP contribution < -0.4 is 11.1 Å². The minimum atomic E-state index is -4.43. The highest BCUT2D eigenvalue weighted by atomic mass is 35.5. The van der Waals surface area contributed by atoms with E-state index in [4.69, 9.17) is 28.9 Å². The molecule has 0 heterocycles. The molecule has 7 heteroatoms. The molecule has 0 aromatic heterocycles. The second-order valence-electron chi connectivity index (χ2n) is 4.05. The Labute approximate surface area is 123 Å². The molecule has 0 aliphatic heterocycles. The third-order valence-corrected chi connectivity index (χ3v) is 3.14. The van der Waals surface area contributed by atoms with Crippen LogP contribution in [0.2, 0.25) is 10.0 Å². The molecule has 2 aromatic rings. The highest BCUT2D eigenvalue weighted by Gasteiger charge is 2.30. The summed E-state index contributed by atoms with van der Waals surface area (Å²) in [6, 6.07) is 7.78. The van der Waals surface area contributed by atoms with Crippen molar-refractivity contribution in [2.75, 3.05) is 11.1 Å². The molecule has 0 bridgehead atoms. The van der Waals surface area contributed by atoms with Crippen LogP contribution in [-0.4, -0.2) is 0 Å². The van der Waals surface area contributed by atoms with Gasteiger partial charge in [-0.2, -0.15) is 13.2 Å². The summed E-state index contributed by atoms with van der Waals surface area (Å²) in [5.74, 6) is 0. The van der Waals surface area contributed by atoms with E-state index in [1.54, 1.807) is 18.2 Å². The van der Waals surface area contributed by atoms with Crippen LogP contribution in [0.3, 0.4) is 0 Å². The first-order valence-electron chi connectivity index (χ1n) is 5.46. The third kappa shape index (κ3) is 3.29. The summed E-state index contributed by atoms with van der Waals surface area (Å²) in [4.78, 5) is 0. The van der Waals surface area contributed by atoms with Gasteiger partial charge in [-0.05, 0) is 36.4 Å². The smallest absolute Gasteiger partial charge is 0.397 e. The van der Waals surface area contributed by atoms with Crippen molar-refractivity contribution in [1.29, 1.82) is 0 Å². The Hall–Kier alpha value is -1.59. The van der Waals surface area contributed by atoms with Crippen molar-refractivity contribution in [2.24, 2.45) is 0 Å². The van der Waals surface area contributed by atoms with E-state index in [1.165, 1.54) is 6.07 Å². The van der Waals surface area contributed by atoms with Crippen LogP contribution in [-0.2, 0) is 6.18 Å². The summed E-state index contributed by atoms with van der Waals surface area (Å²) in [5.41, 5.74) is 5.56. The number of rotatable bonds is 2. The first-order chi connectivity index (χ1) is 9.27. The molecule has 0 radical (unpaired) electrons. The maximum absolute atomic E-state index is 12.5. The zero-order valence-electron chi connectivity index (χ0n) is 9.93. The number of nitrogen functional groups attached to an aromatic ring is 1. The molecule has 0 aliphatic rings. The van der Waals surface area contributed by atoms with E-state index in [1.807, 2.05) is 0 Å². The molecule has 20 heavy (non-hydrogen) atoms. The summed E-state index contributed by atoms with van der Waals surface area (Å²) < 4.78 is 37.6. The Bertz CT molecular complexity index is 642. The number of nitrogens with one attached hydrogen (secondary N) is 1. The molecule has 2 rings (SSSR count). The van der Waals surface area contributed by atoms with E-state index in [2.05, 4.69) is 5.32 Å². The Morgan fingerprint density at radius 2 is 1.65 bits per heavy atom. The minimum absolute atomic E-state index is 0.0316. The molecule has 0 atom stereocenters. The fraction of sp³-hybridized carbons (Fsp3) is 0.0769. The predicted molar refractivity (Wildman–Crippen MR) is 75.6 cm³/mol. The van der Waals surface area contributed by atoms with Crippen molar-refractivity contribution >= 4 is 40.3 Å². The molecular formula is C13H9Cl2F3N2. The maximum Gasteiger partial charge on any atom is 0.416 e. The van der Waals surface area contributed by atoms with E-state index in [0.29, 0.717) is 21.4 Å². The van der Waals surface area contributed by atoms with Gasteiger partial charge in [-0.1, -0.05) is 23.2 Å². The van der Waals surface area contributed by atoms with Gasteiger partial charge < -0.3 is 11.1 Å². The summed E-state index contributed by atoms with van der Waals surface area (Å²) in [6.45, 7) is 0. The molecule has 2 aromatic carbocycles. The van der Waals surface area contributed by atoms with Gasteiger partial charge in [-0.25, -0.2) is 0 Å². The van der Waals surface area contributed by atoms with E-state index < -0.39 is 11.7 Å². The van der Waals surface area contributed by atoms with Crippen LogP contribution >= 0.6 is 23.2 Å². The molecule has 0 fully saturated rings. The van der Waals surface area contributed by atoms with Gasteiger partial charge in [0.15, 0.2) is 0 Å². The first-order valence-corrected chi connectivity index (χ1v) is 6.22. The maximum atomic E-state index is 12.5. The molecule has 0 spiro atoms. The summed E-state index contributed by atoms with van der Waals surface area (Å²) >= 11 is 11.8. The zero-order chi connectivity index (χ0) is 14.9. The summed E-state index contributed by atoms with van der Waals surface area (Å²) in [6.07, 6.45) is -4.43. The molecule has 0 saturated heterocycles. The van der Waals surface area contributed by atoms with Gasteiger partial charge in [-0.3, -0.25) is 0 Å². The molecule has 0 amide bonds. The molecule has 2 nitrogen and oxygen atoms in total. The number of halogens is 5.